The molecule has 0 aromatic heterocycles. The number of likely N-dealkylation sites (tertiary alicyclic amines) is 1. The van der Waals surface area contributed by atoms with Gasteiger partial charge in [0.05, 0.1) is 13.0 Å². The second kappa shape index (κ2) is 4.84. The van der Waals surface area contributed by atoms with E-state index in [0.29, 0.717) is 18.9 Å². The van der Waals surface area contributed by atoms with E-state index in [-0.39, 0.29) is 22.7 Å². The first-order chi connectivity index (χ1) is 11.6. The fourth-order valence-corrected chi connectivity index (χ4v) is 5.41. The molecule has 2 saturated carbocycles. The zero-order valence-corrected chi connectivity index (χ0v) is 13.9. The maximum Gasteiger partial charge on any atom is 0.306 e. The number of fused-ring (bicyclic) bond motifs is 1. The summed E-state index contributed by atoms with van der Waals surface area (Å²) in [5.74, 6) is 1.06. The van der Waals surface area contributed by atoms with E-state index in [1.165, 1.54) is 12.0 Å². The molecule has 0 radical (unpaired) electrons. The SMILES string of the molecule is O=C1CC2(CO1)CC(C(=O)N1CCC3CC3(c3ccccc3)C1)C2. The highest BCUT2D eigenvalue weighted by atomic mass is 16.5. The highest BCUT2D eigenvalue weighted by molar-refractivity contribution is 5.81. The number of piperidine rings is 1. The summed E-state index contributed by atoms with van der Waals surface area (Å²) >= 11 is 0. The zero-order valence-electron chi connectivity index (χ0n) is 13.9. The number of esters is 1. The molecule has 2 saturated heterocycles. The predicted molar refractivity (Wildman–Crippen MR) is 88.2 cm³/mol. The molecule has 5 rings (SSSR count). The Bertz CT molecular complexity index is 694. The monoisotopic (exact) mass is 325 g/mol. The Morgan fingerprint density at radius 3 is 2.67 bits per heavy atom. The van der Waals surface area contributed by atoms with E-state index in [1.54, 1.807) is 0 Å². The number of hydrogen-bond acceptors (Lipinski definition) is 3. The van der Waals surface area contributed by atoms with Crippen molar-refractivity contribution < 1.29 is 14.3 Å². The van der Waals surface area contributed by atoms with Gasteiger partial charge in [0.1, 0.15) is 0 Å². The number of cyclic esters (lactones) is 1. The Hall–Kier alpha value is -1.84. The molecule has 1 aromatic carbocycles. The molecule has 2 heterocycles. The summed E-state index contributed by atoms with van der Waals surface area (Å²) in [6, 6.07) is 10.7. The van der Waals surface area contributed by atoms with E-state index in [2.05, 4.69) is 35.2 Å². The van der Waals surface area contributed by atoms with Crippen LogP contribution >= 0.6 is 0 Å². The first-order valence-electron chi connectivity index (χ1n) is 9.10. The van der Waals surface area contributed by atoms with Gasteiger partial charge in [0.25, 0.3) is 0 Å². The molecule has 126 valence electrons. The van der Waals surface area contributed by atoms with Crippen molar-refractivity contribution in [2.45, 2.75) is 37.5 Å². The molecule has 2 atom stereocenters. The van der Waals surface area contributed by atoms with Crippen molar-refractivity contribution in [3.63, 3.8) is 0 Å². The van der Waals surface area contributed by atoms with Gasteiger partial charge in [-0.1, -0.05) is 30.3 Å². The quantitative estimate of drug-likeness (QED) is 0.785. The van der Waals surface area contributed by atoms with E-state index in [0.717, 1.165) is 38.3 Å². The minimum absolute atomic E-state index is 0.0214. The third kappa shape index (κ3) is 2.04. The van der Waals surface area contributed by atoms with Crippen molar-refractivity contribution >= 4 is 11.9 Å². The smallest absolute Gasteiger partial charge is 0.306 e. The van der Waals surface area contributed by atoms with Crippen LogP contribution in [0.2, 0.25) is 0 Å². The molecular weight excluding hydrogens is 302 g/mol. The molecule has 1 spiro atoms. The molecule has 2 aliphatic heterocycles. The molecule has 0 N–H and O–H groups in total. The number of ether oxygens (including phenoxy) is 1. The first-order valence-corrected chi connectivity index (χ1v) is 9.10. The summed E-state index contributed by atoms with van der Waals surface area (Å²) in [4.78, 5) is 26.4. The molecule has 4 fully saturated rings. The van der Waals surface area contributed by atoms with Crippen LogP contribution in [0, 0.1) is 17.3 Å². The number of amides is 1. The van der Waals surface area contributed by atoms with Crippen molar-refractivity contribution in [1.29, 1.82) is 0 Å². The number of nitrogens with zero attached hydrogens (tertiary/aromatic N) is 1. The maximum atomic E-state index is 12.9. The Kier molecular flexibility index (Phi) is 2.92. The predicted octanol–water partition coefficient (Wildman–Crippen LogP) is 2.52. The third-order valence-electron chi connectivity index (χ3n) is 6.88. The maximum absolute atomic E-state index is 12.9. The van der Waals surface area contributed by atoms with Gasteiger partial charge in [0.15, 0.2) is 0 Å². The van der Waals surface area contributed by atoms with Gasteiger partial charge in [-0.25, -0.2) is 0 Å². The topological polar surface area (TPSA) is 46.6 Å². The van der Waals surface area contributed by atoms with Crippen LogP contribution in [0.5, 0.6) is 0 Å². The fourth-order valence-electron chi connectivity index (χ4n) is 5.41. The minimum Gasteiger partial charge on any atom is -0.465 e. The standard InChI is InChI=1S/C20H23NO3/c22-17-11-19(13-24-17)8-14(9-19)18(23)21-7-6-16-10-20(16,12-21)15-4-2-1-3-5-15/h1-5,14,16H,6-13H2. The Balaban J connectivity index is 1.27. The summed E-state index contributed by atoms with van der Waals surface area (Å²) < 4.78 is 5.12. The summed E-state index contributed by atoms with van der Waals surface area (Å²) in [7, 11) is 0. The lowest BCUT2D eigenvalue weighted by atomic mass is 9.61. The van der Waals surface area contributed by atoms with Crippen molar-refractivity contribution in [3.8, 4) is 0 Å². The molecule has 4 nitrogen and oxygen atoms in total. The lowest BCUT2D eigenvalue weighted by Gasteiger charge is -2.45. The highest BCUT2D eigenvalue weighted by Gasteiger charge is 2.60. The third-order valence-corrected chi connectivity index (χ3v) is 6.88. The highest BCUT2D eigenvalue weighted by Crippen LogP contribution is 2.59. The van der Waals surface area contributed by atoms with Gasteiger partial charge in [-0.3, -0.25) is 9.59 Å². The second-order valence-electron chi connectivity index (χ2n) is 8.41. The molecule has 4 aliphatic rings. The van der Waals surface area contributed by atoms with Crippen molar-refractivity contribution in [1.82, 2.24) is 4.90 Å². The summed E-state index contributed by atoms with van der Waals surface area (Å²) in [5.41, 5.74) is 1.59. The van der Waals surface area contributed by atoms with Gasteiger partial charge >= 0.3 is 5.97 Å². The lowest BCUT2D eigenvalue weighted by molar-refractivity contribution is -0.145. The van der Waals surface area contributed by atoms with Crippen LogP contribution in [0.1, 0.15) is 37.7 Å². The lowest BCUT2D eigenvalue weighted by Crippen LogP contribution is -2.51. The van der Waals surface area contributed by atoms with Crippen molar-refractivity contribution in [2.24, 2.45) is 17.3 Å². The van der Waals surface area contributed by atoms with E-state index in [1.807, 2.05) is 0 Å². The summed E-state index contributed by atoms with van der Waals surface area (Å²) in [6.07, 6.45) is 4.51. The summed E-state index contributed by atoms with van der Waals surface area (Å²) in [5, 5.41) is 0. The Morgan fingerprint density at radius 1 is 1.17 bits per heavy atom. The van der Waals surface area contributed by atoms with E-state index >= 15 is 0 Å². The van der Waals surface area contributed by atoms with Crippen LogP contribution in [0.25, 0.3) is 0 Å². The molecule has 1 aromatic rings. The average Bonchev–Trinajstić information content (AvgIpc) is 3.20. The number of carbonyl (C=O) groups is 2. The first kappa shape index (κ1) is 14.5. The van der Waals surface area contributed by atoms with Gasteiger partial charge in [-0.2, -0.15) is 0 Å². The van der Waals surface area contributed by atoms with Gasteiger partial charge in [0.2, 0.25) is 5.91 Å². The number of hydrogen-bond donors (Lipinski definition) is 0. The number of benzene rings is 1. The zero-order chi connectivity index (χ0) is 16.4. The van der Waals surface area contributed by atoms with Crippen LogP contribution < -0.4 is 0 Å². The van der Waals surface area contributed by atoms with Gasteiger partial charge in [-0.15, -0.1) is 0 Å². The molecule has 1 amide bonds. The number of carbonyl (C=O) groups excluding carboxylic acids is 2. The Morgan fingerprint density at radius 2 is 1.96 bits per heavy atom. The van der Waals surface area contributed by atoms with Crippen LogP contribution in [-0.4, -0.2) is 36.5 Å². The van der Waals surface area contributed by atoms with Crippen LogP contribution in [0.3, 0.4) is 0 Å². The van der Waals surface area contributed by atoms with E-state index < -0.39 is 0 Å². The fraction of sp³-hybridized carbons (Fsp3) is 0.600. The molecule has 4 heteroatoms. The van der Waals surface area contributed by atoms with E-state index in [9.17, 15) is 9.59 Å². The Labute approximate surface area is 142 Å². The number of rotatable bonds is 2. The minimum atomic E-state index is -0.0947. The summed E-state index contributed by atoms with van der Waals surface area (Å²) in [6.45, 7) is 2.29. The largest absolute Gasteiger partial charge is 0.465 e. The van der Waals surface area contributed by atoms with Crippen LogP contribution in [0.15, 0.2) is 30.3 Å². The van der Waals surface area contributed by atoms with Gasteiger partial charge in [-0.05, 0) is 37.2 Å². The van der Waals surface area contributed by atoms with E-state index in [4.69, 9.17) is 4.74 Å². The molecule has 24 heavy (non-hydrogen) atoms. The van der Waals surface area contributed by atoms with Crippen molar-refractivity contribution in [2.75, 3.05) is 19.7 Å². The molecular formula is C20H23NO3. The van der Waals surface area contributed by atoms with Gasteiger partial charge < -0.3 is 9.64 Å². The average molecular weight is 325 g/mol. The second-order valence-corrected chi connectivity index (χ2v) is 8.41. The normalized spacial score (nSPS) is 40.0. The van der Waals surface area contributed by atoms with Crippen LogP contribution in [0.4, 0.5) is 0 Å². The molecule has 0 bridgehead atoms. The molecule has 2 aliphatic carbocycles. The van der Waals surface area contributed by atoms with Gasteiger partial charge in [0, 0.05) is 29.8 Å². The molecule has 2 unspecified atom stereocenters. The van der Waals surface area contributed by atoms with Crippen LogP contribution in [-0.2, 0) is 19.7 Å². The van der Waals surface area contributed by atoms with Crippen molar-refractivity contribution in [3.05, 3.63) is 35.9 Å².